The number of carbonyl (C=O) groups excluding carboxylic acids is 1. The molecule has 0 bridgehead atoms. The minimum atomic E-state index is -0.212. The van der Waals surface area contributed by atoms with Crippen LogP contribution in [0.5, 0.6) is 0 Å². The van der Waals surface area contributed by atoms with Crippen LogP contribution in [0.1, 0.15) is 57.6 Å². The van der Waals surface area contributed by atoms with Crippen molar-refractivity contribution < 1.29 is 4.79 Å². The number of hydrogen-bond acceptors (Lipinski definition) is 2. The van der Waals surface area contributed by atoms with Crippen molar-refractivity contribution >= 4 is 5.91 Å². The summed E-state index contributed by atoms with van der Waals surface area (Å²) in [6.07, 6.45) is 4.90. The molecule has 0 heterocycles. The summed E-state index contributed by atoms with van der Waals surface area (Å²) in [6, 6.07) is 9.93. The van der Waals surface area contributed by atoms with Crippen LogP contribution in [0.3, 0.4) is 0 Å². The summed E-state index contributed by atoms with van der Waals surface area (Å²) >= 11 is 0. The van der Waals surface area contributed by atoms with Gasteiger partial charge in [0.1, 0.15) is 0 Å². The first kappa shape index (κ1) is 15.0. The highest BCUT2D eigenvalue weighted by atomic mass is 16.1. The largest absolute Gasteiger partial charge is 0.353 e. The van der Waals surface area contributed by atoms with Crippen molar-refractivity contribution in [3.8, 4) is 0 Å². The molecule has 1 aromatic carbocycles. The first-order valence-corrected chi connectivity index (χ1v) is 7.56. The number of benzene rings is 1. The molecule has 3 N–H and O–H groups in total. The lowest BCUT2D eigenvalue weighted by atomic mass is 9.75. The Kier molecular flexibility index (Phi) is 4.81. The van der Waals surface area contributed by atoms with Crippen LogP contribution in [0.2, 0.25) is 0 Å². The van der Waals surface area contributed by atoms with Crippen molar-refractivity contribution in [2.45, 2.75) is 58.0 Å². The molecule has 3 nitrogen and oxygen atoms in total. The van der Waals surface area contributed by atoms with Crippen molar-refractivity contribution in [2.75, 3.05) is 0 Å². The van der Waals surface area contributed by atoms with E-state index in [0.29, 0.717) is 17.9 Å². The van der Waals surface area contributed by atoms with Crippen LogP contribution in [0, 0.1) is 5.41 Å². The van der Waals surface area contributed by atoms with Crippen molar-refractivity contribution in [3.05, 3.63) is 35.9 Å². The molecule has 1 aliphatic carbocycles. The minimum Gasteiger partial charge on any atom is -0.353 e. The van der Waals surface area contributed by atoms with Gasteiger partial charge in [-0.2, -0.15) is 0 Å². The third kappa shape index (κ3) is 4.34. The summed E-state index contributed by atoms with van der Waals surface area (Å²) in [4.78, 5) is 12.1. The van der Waals surface area contributed by atoms with E-state index in [1.807, 2.05) is 30.3 Å². The van der Waals surface area contributed by atoms with E-state index in [9.17, 15) is 4.79 Å². The molecule has 1 unspecified atom stereocenters. The SMILES string of the molecule is CC1(C)CCC(NC(=O)CC(N)c2ccccc2)CC1. The lowest BCUT2D eigenvalue weighted by Crippen LogP contribution is -2.40. The van der Waals surface area contributed by atoms with Crippen LogP contribution >= 0.6 is 0 Å². The van der Waals surface area contributed by atoms with E-state index in [1.54, 1.807) is 0 Å². The molecule has 1 aliphatic rings. The molecule has 0 aliphatic heterocycles. The topological polar surface area (TPSA) is 55.1 Å². The second-order valence-corrected chi connectivity index (χ2v) is 6.73. The molecule has 1 amide bonds. The van der Waals surface area contributed by atoms with Gasteiger partial charge in [-0.25, -0.2) is 0 Å². The first-order chi connectivity index (χ1) is 9.46. The van der Waals surface area contributed by atoms with Gasteiger partial charge in [-0.15, -0.1) is 0 Å². The van der Waals surface area contributed by atoms with Crippen molar-refractivity contribution in [3.63, 3.8) is 0 Å². The number of carbonyl (C=O) groups is 1. The molecule has 1 atom stereocenters. The molecule has 0 aromatic heterocycles. The minimum absolute atomic E-state index is 0.0751. The highest BCUT2D eigenvalue weighted by Gasteiger charge is 2.27. The Morgan fingerprint density at radius 3 is 2.50 bits per heavy atom. The molecular formula is C17H26N2O. The zero-order chi connectivity index (χ0) is 14.6. The maximum absolute atomic E-state index is 12.1. The van der Waals surface area contributed by atoms with E-state index < -0.39 is 0 Å². The molecule has 0 radical (unpaired) electrons. The Bertz CT molecular complexity index is 432. The monoisotopic (exact) mass is 274 g/mol. The second-order valence-electron chi connectivity index (χ2n) is 6.73. The lowest BCUT2D eigenvalue weighted by molar-refractivity contribution is -0.122. The van der Waals surface area contributed by atoms with Gasteiger partial charge in [0, 0.05) is 18.5 Å². The molecule has 0 saturated heterocycles. The van der Waals surface area contributed by atoms with E-state index in [-0.39, 0.29) is 11.9 Å². The van der Waals surface area contributed by atoms with Gasteiger partial charge in [0.15, 0.2) is 0 Å². The van der Waals surface area contributed by atoms with Crippen LogP contribution in [-0.2, 0) is 4.79 Å². The summed E-state index contributed by atoms with van der Waals surface area (Å²) < 4.78 is 0. The summed E-state index contributed by atoms with van der Waals surface area (Å²) in [7, 11) is 0. The molecule has 110 valence electrons. The number of rotatable bonds is 4. The van der Waals surface area contributed by atoms with Crippen molar-refractivity contribution in [1.82, 2.24) is 5.32 Å². The predicted molar refractivity (Wildman–Crippen MR) is 82.2 cm³/mol. The van der Waals surface area contributed by atoms with Gasteiger partial charge in [-0.05, 0) is 36.7 Å². The second kappa shape index (κ2) is 6.40. The standard InChI is InChI=1S/C17H26N2O/c1-17(2)10-8-14(9-11-17)19-16(20)12-15(18)13-6-4-3-5-7-13/h3-7,14-15H,8-12,18H2,1-2H3,(H,19,20). The molecule has 1 saturated carbocycles. The third-order valence-electron chi connectivity index (χ3n) is 4.34. The average molecular weight is 274 g/mol. The fraction of sp³-hybridized carbons (Fsp3) is 0.588. The fourth-order valence-corrected chi connectivity index (χ4v) is 2.85. The van der Waals surface area contributed by atoms with Gasteiger partial charge in [0.25, 0.3) is 0 Å². The quantitative estimate of drug-likeness (QED) is 0.886. The number of nitrogens with one attached hydrogen (secondary N) is 1. The van der Waals surface area contributed by atoms with Gasteiger partial charge in [0.05, 0.1) is 0 Å². The van der Waals surface area contributed by atoms with Gasteiger partial charge < -0.3 is 11.1 Å². The van der Waals surface area contributed by atoms with Gasteiger partial charge in [0.2, 0.25) is 5.91 Å². The van der Waals surface area contributed by atoms with E-state index in [2.05, 4.69) is 19.2 Å². The molecule has 1 fully saturated rings. The maximum Gasteiger partial charge on any atom is 0.222 e. The van der Waals surface area contributed by atoms with Crippen LogP contribution in [0.15, 0.2) is 30.3 Å². The summed E-state index contributed by atoms with van der Waals surface area (Å²) in [5, 5.41) is 3.14. The van der Waals surface area contributed by atoms with Gasteiger partial charge >= 0.3 is 0 Å². The van der Waals surface area contributed by atoms with Crippen LogP contribution in [0.4, 0.5) is 0 Å². The van der Waals surface area contributed by atoms with E-state index in [1.165, 1.54) is 12.8 Å². The highest BCUT2D eigenvalue weighted by Crippen LogP contribution is 2.35. The Morgan fingerprint density at radius 1 is 1.30 bits per heavy atom. The summed E-state index contributed by atoms with van der Waals surface area (Å²) in [5.41, 5.74) is 7.54. The Morgan fingerprint density at radius 2 is 1.90 bits per heavy atom. The molecule has 0 spiro atoms. The highest BCUT2D eigenvalue weighted by molar-refractivity contribution is 5.77. The lowest BCUT2D eigenvalue weighted by Gasteiger charge is -2.34. The number of nitrogens with two attached hydrogens (primary N) is 1. The molecule has 1 aromatic rings. The summed E-state index contributed by atoms with van der Waals surface area (Å²) in [6.45, 7) is 4.60. The zero-order valence-corrected chi connectivity index (χ0v) is 12.6. The Labute approximate surface area is 121 Å². The first-order valence-electron chi connectivity index (χ1n) is 7.56. The predicted octanol–water partition coefficient (Wildman–Crippen LogP) is 3.16. The Balaban J connectivity index is 1.79. The molecule has 2 rings (SSSR count). The number of amides is 1. The number of hydrogen-bond donors (Lipinski definition) is 2. The van der Waals surface area contributed by atoms with E-state index in [0.717, 1.165) is 18.4 Å². The normalized spacial score (nSPS) is 20.4. The smallest absolute Gasteiger partial charge is 0.222 e. The molecular weight excluding hydrogens is 248 g/mol. The van der Waals surface area contributed by atoms with Gasteiger partial charge in [-0.1, -0.05) is 44.2 Å². The van der Waals surface area contributed by atoms with Gasteiger partial charge in [-0.3, -0.25) is 4.79 Å². The Hall–Kier alpha value is -1.35. The third-order valence-corrected chi connectivity index (χ3v) is 4.34. The maximum atomic E-state index is 12.1. The molecule has 3 heteroatoms. The average Bonchev–Trinajstić information content (AvgIpc) is 2.42. The fourth-order valence-electron chi connectivity index (χ4n) is 2.85. The van der Waals surface area contributed by atoms with E-state index >= 15 is 0 Å². The van der Waals surface area contributed by atoms with Crippen molar-refractivity contribution in [1.29, 1.82) is 0 Å². The molecule has 20 heavy (non-hydrogen) atoms. The van der Waals surface area contributed by atoms with Crippen LogP contribution < -0.4 is 11.1 Å². The van der Waals surface area contributed by atoms with Crippen LogP contribution in [-0.4, -0.2) is 11.9 Å². The van der Waals surface area contributed by atoms with E-state index in [4.69, 9.17) is 5.73 Å². The van der Waals surface area contributed by atoms with Crippen LogP contribution in [0.25, 0.3) is 0 Å². The zero-order valence-electron chi connectivity index (χ0n) is 12.6. The van der Waals surface area contributed by atoms with Crippen molar-refractivity contribution in [2.24, 2.45) is 11.1 Å². The summed E-state index contributed by atoms with van der Waals surface area (Å²) in [5.74, 6) is 0.0751.